The van der Waals surface area contributed by atoms with Gasteiger partial charge in [0.1, 0.15) is 5.75 Å². The first-order valence-electron chi connectivity index (χ1n) is 6.46. The predicted octanol–water partition coefficient (Wildman–Crippen LogP) is 4.44. The highest BCUT2D eigenvalue weighted by atomic mass is 16.5. The van der Waals surface area contributed by atoms with E-state index < -0.39 is 0 Å². The van der Waals surface area contributed by atoms with E-state index >= 15 is 0 Å². The summed E-state index contributed by atoms with van der Waals surface area (Å²) in [4.78, 5) is 0. The second-order valence-corrected chi connectivity index (χ2v) is 4.68. The van der Waals surface area contributed by atoms with E-state index in [-0.39, 0.29) is 0 Å². The molecule has 3 aromatic rings. The molecule has 0 radical (unpaired) electrons. The Hall–Kier alpha value is -2.28. The topological polar surface area (TPSA) is 9.23 Å². The summed E-state index contributed by atoms with van der Waals surface area (Å²) in [6.07, 6.45) is 0.933. The smallest absolute Gasteiger partial charge is 0.126 e. The highest BCUT2D eigenvalue weighted by Crippen LogP contribution is 2.28. The molecule has 19 heavy (non-hydrogen) atoms. The van der Waals surface area contributed by atoms with Gasteiger partial charge in [-0.25, -0.2) is 0 Å². The number of ether oxygens (including phenoxy) is 1. The lowest BCUT2D eigenvalue weighted by Gasteiger charge is -2.09. The monoisotopic (exact) mass is 248 g/mol. The third kappa shape index (κ3) is 2.45. The van der Waals surface area contributed by atoms with Crippen LogP contribution in [-0.2, 0) is 6.42 Å². The third-order valence-corrected chi connectivity index (χ3v) is 3.35. The third-order valence-electron chi connectivity index (χ3n) is 3.35. The Morgan fingerprint density at radius 3 is 2.32 bits per heavy atom. The van der Waals surface area contributed by atoms with E-state index in [0.717, 1.165) is 12.2 Å². The standard InChI is InChI=1S/C18H16O/c1-19-18-13-15(11-14-7-3-2-4-8-14)12-16-9-5-6-10-17(16)18/h2-10,12-13H,11H2,1H3. The van der Waals surface area contributed by atoms with Gasteiger partial charge in [0.15, 0.2) is 0 Å². The van der Waals surface area contributed by atoms with E-state index in [9.17, 15) is 0 Å². The second kappa shape index (κ2) is 5.15. The molecule has 0 unspecified atom stereocenters. The van der Waals surface area contributed by atoms with Crippen LogP contribution in [0.25, 0.3) is 10.8 Å². The Morgan fingerprint density at radius 1 is 0.789 bits per heavy atom. The summed E-state index contributed by atoms with van der Waals surface area (Å²) in [5, 5.41) is 2.40. The number of fused-ring (bicyclic) bond motifs is 1. The van der Waals surface area contributed by atoms with Gasteiger partial charge in [0.05, 0.1) is 7.11 Å². The molecule has 0 aromatic heterocycles. The molecule has 0 aliphatic carbocycles. The van der Waals surface area contributed by atoms with E-state index in [1.54, 1.807) is 7.11 Å². The number of benzene rings is 3. The normalized spacial score (nSPS) is 10.6. The Morgan fingerprint density at radius 2 is 1.53 bits per heavy atom. The highest BCUT2D eigenvalue weighted by molar-refractivity contribution is 5.89. The van der Waals surface area contributed by atoms with Gasteiger partial charge >= 0.3 is 0 Å². The number of rotatable bonds is 3. The lowest BCUT2D eigenvalue weighted by molar-refractivity contribution is 0.419. The maximum atomic E-state index is 5.51. The minimum atomic E-state index is 0.933. The summed E-state index contributed by atoms with van der Waals surface area (Å²) in [5.41, 5.74) is 2.60. The van der Waals surface area contributed by atoms with Gasteiger partial charge in [-0.3, -0.25) is 0 Å². The van der Waals surface area contributed by atoms with Crippen LogP contribution in [0.3, 0.4) is 0 Å². The fraction of sp³-hybridized carbons (Fsp3) is 0.111. The van der Waals surface area contributed by atoms with Crippen molar-refractivity contribution in [2.75, 3.05) is 7.11 Å². The Labute approximate surface area is 113 Å². The van der Waals surface area contributed by atoms with Gasteiger partial charge in [-0.05, 0) is 29.0 Å². The average molecular weight is 248 g/mol. The molecule has 1 nitrogen and oxygen atoms in total. The van der Waals surface area contributed by atoms with Crippen LogP contribution in [0.5, 0.6) is 5.75 Å². The zero-order valence-corrected chi connectivity index (χ0v) is 11.0. The summed E-state index contributed by atoms with van der Waals surface area (Å²) < 4.78 is 5.51. The van der Waals surface area contributed by atoms with Crippen molar-refractivity contribution < 1.29 is 4.74 Å². The summed E-state index contributed by atoms with van der Waals surface area (Å²) in [5.74, 6) is 0.948. The molecular weight excluding hydrogens is 232 g/mol. The van der Waals surface area contributed by atoms with E-state index in [2.05, 4.69) is 54.6 Å². The lowest BCUT2D eigenvalue weighted by Crippen LogP contribution is -1.91. The Bertz CT molecular complexity index is 686. The molecule has 0 aliphatic heterocycles. The molecular formula is C18H16O. The van der Waals surface area contributed by atoms with Crippen LogP contribution in [-0.4, -0.2) is 7.11 Å². The molecule has 0 saturated heterocycles. The van der Waals surface area contributed by atoms with Crippen molar-refractivity contribution in [2.24, 2.45) is 0 Å². The molecule has 0 atom stereocenters. The van der Waals surface area contributed by atoms with Crippen LogP contribution in [0.1, 0.15) is 11.1 Å². The molecule has 0 N–H and O–H groups in total. The van der Waals surface area contributed by atoms with Crippen LogP contribution in [0, 0.1) is 0 Å². The molecule has 0 amide bonds. The first kappa shape index (κ1) is 11.8. The van der Waals surface area contributed by atoms with Crippen molar-refractivity contribution in [3.05, 3.63) is 77.9 Å². The lowest BCUT2D eigenvalue weighted by atomic mass is 10.0. The molecule has 3 aromatic carbocycles. The second-order valence-electron chi connectivity index (χ2n) is 4.68. The Kier molecular flexibility index (Phi) is 3.20. The highest BCUT2D eigenvalue weighted by Gasteiger charge is 2.04. The van der Waals surface area contributed by atoms with Crippen LogP contribution < -0.4 is 4.74 Å². The van der Waals surface area contributed by atoms with Crippen molar-refractivity contribution in [3.8, 4) is 5.75 Å². The first-order chi connectivity index (χ1) is 9.36. The van der Waals surface area contributed by atoms with Crippen LogP contribution >= 0.6 is 0 Å². The van der Waals surface area contributed by atoms with Crippen molar-refractivity contribution >= 4 is 10.8 Å². The zero-order valence-electron chi connectivity index (χ0n) is 11.0. The van der Waals surface area contributed by atoms with Crippen molar-refractivity contribution in [1.82, 2.24) is 0 Å². The van der Waals surface area contributed by atoms with Gasteiger partial charge in [0.2, 0.25) is 0 Å². The molecule has 3 rings (SSSR count). The minimum Gasteiger partial charge on any atom is -0.496 e. The SMILES string of the molecule is COc1cc(Cc2ccccc2)cc2ccccc12. The molecule has 0 spiro atoms. The van der Waals surface area contributed by atoms with Crippen LogP contribution in [0.4, 0.5) is 0 Å². The van der Waals surface area contributed by atoms with E-state index in [4.69, 9.17) is 4.74 Å². The van der Waals surface area contributed by atoms with Gasteiger partial charge in [0.25, 0.3) is 0 Å². The van der Waals surface area contributed by atoms with Gasteiger partial charge in [0, 0.05) is 5.39 Å². The maximum Gasteiger partial charge on any atom is 0.126 e. The molecule has 0 heterocycles. The summed E-state index contributed by atoms with van der Waals surface area (Å²) >= 11 is 0. The fourth-order valence-corrected chi connectivity index (χ4v) is 2.44. The van der Waals surface area contributed by atoms with Crippen molar-refractivity contribution in [3.63, 3.8) is 0 Å². The number of hydrogen-bond acceptors (Lipinski definition) is 1. The van der Waals surface area contributed by atoms with Gasteiger partial charge in [-0.2, -0.15) is 0 Å². The predicted molar refractivity (Wildman–Crippen MR) is 79.7 cm³/mol. The quantitative estimate of drug-likeness (QED) is 0.666. The molecule has 0 fully saturated rings. The number of methoxy groups -OCH3 is 1. The summed E-state index contributed by atoms with van der Waals surface area (Å²) in [6.45, 7) is 0. The minimum absolute atomic E-state index is 0.933. The van der Waals surface area contributed by atoms with Crippen molar-refractivity contribution in [2.45, 2.75) is 6.42 Å². The first-order valence-corrected chi connectivity index (χ1v) is 6.46. The van der Waals surface area contributed by atoms with Crippen molar-refractivity contribution in [1.29, 1.82) is 0 Å². The largest absolute Gasteiger partial charge is 0.496 e. The van der Waals surface area contributed by atoms with Crippen LogP contribution in [0.2, 0.25) is 0 Å². The van der Waals surface area contributed by atoms with Gasteiger partial charge in [-0.15, -0.1) is 0 Å². The zero-order chi connectivity index (χ0) is 13.1. The van der Waals surface area contributed by atoms with Crippen LogP contribution in [0.15, 0.2) is 66.7 Å². The summed E-state index contributed by atoms with van der Waals surface area (Å²) in [6, 6.07) is 23.2. The average Bonchev–Trinajstić information content (AvgIpc) is 2.47. The molecule has 0 bridgehead atoms. The summed E-state index contributed by atoms with van der Waals surface area (Å²) in [7, 11) is 1.73. The molecule has 1 heteroatoms. The molecule has 0 saturated carbocycles. The Balaban J connectivity index is 2.05. The molecule has 0 aliphatic rings. The maximum absolute atomic E-state index is 5.51. The number of hydrogen-bond donors (Lipinski definition) is 0. The van der Waals surface area contributed by atoms with Gasteiger partial charge in [-0.1, -0.05) is 60.7 Å². The molecule has 94 valence electrons. The van der Waals surface area contributed by atoms with E-state index in [1.807, 2.05) is 12.1 Å². The van der Waals surface area contributed by atoms with E-state index in [0.29, 0.717) is 0 Å². The fourth-order valence-electron chi connectivity index (χ4n) is 2.44. The van der Waals surface area contributed by atoms with Gasteiger partial charge < -0.3 is 4.74 Å². The van der Waals surface area contributed by atoms with E-state index in [1.165, 1.54) is 21.9 Å².